The zero-order valence-electron chi connectivity index (χ0n) is 11.1. The second kappa shape index (κ2) is 4.89. The van der Waals surface area contributed by atoms with Gasteiger partial charge in [-0.25, -0.2) is 0 Å². The third-order valence-corrected chi connectivity index (χ3v) is 3.31. The lowest BCUT2D eigenvalue weighted by Gasteiger charge is -2.30. The first-order chi connectivity index (χ1) is 8.12. The molecule has 0 heterocycles. The molecule has 2 rings (SSSR count). The van der Waals surface area contributed by atoms with E-state index in [0.29, 0.717) is 0 Å². The first-order valence-electron chi connectivity index (χ1n) is 6.41. The van der Waals surface area contributed by atoms with Gasteiger partial charge < -0.3 is 4.48 Å². The monoisotopic (exact) mass is 228 g/mol. The van der Waals surface area contributed by atoms with Crippen LogP contribution in [0.2, 0.25) is 0 Å². The first kappa shape index (κ1) is 12.1. The van der Waals surface area contributed by atoms with Crippen molar-refractivity contribution in [2.24, 2.45) is 0 Å². The van der Waals surface area contributed by atoms with E-state index in [1.54, 1.807) is 0 Å². The van der Waals surface area contributed by atoms with Crippen LogP contribution in [-0.4, -0.2) is 25.1 Å². The van der Waals surface area contributed by atoms with Gasteiger partial charge in [0, 0.05) is 5.56 Å². The van der Waals surface area contributed by atoms with Gasteiger partial charge in [0.15, 0.2) is 0 Å². The first-order valence-corrected chi connectivity index (χ1v) is 6.41. The fraction of sp³-hybridized carbons (Fsp3) is 0.375. The molecule has 0 N–H and O–H groups in total. The van der Waals surface area contributed by atoms with Crippen LogP contribution in [0.4, 0.5) is 0 Å². The lowest BCUT2D eigenvalue weighted by atomic mass is 10.0. The van der Waals surface area contributed by atoms with Gasteiger partial charge in [0.2, 0.25) is 0 Å². The molecule has 90 valence electrons. The van der Waals surface area contributed by atoms with Crippen molar-refractivity contribution < 1.29 is 4.48 Å². The summed E-state index contributed by atoms with van der Waals surface area (Å²) in [6.07, 6.45) is 1.23. The highest BCUT2D eigenvalue weighted by molar-refractivity contribution is 5.85. The summed E-state index contributed by atoms with van der Waals surface area (Å²) in [5.41, 5.74) is 1.46. The molecule has 0 atom stereocenters. The fourth-order valence-corrected chi connectivity index (χ4v) is 2.58. The second-order valence-electron chi connectivity index (χ2n) is 5.46. The van der Waals surface area contributed by atoms with Crippen LogP contribution in [0.3, 0.4) is 0 Å². The van der Waals surface area contributed by atoms with Crippen molar-refractivity contribution in [3.63, 3.8) is 0 Å². The van der Waals surface area contributed by atoms with E-state index in [2.05, 4.69) is 63.5 Å². The summed E-state index contributed by atoms with van der Waals surface area (Å²) in [7, 11) is 4.62. The molecule has 0 fully saturated rings. The number of hydrogen-bond acceptors (Lipinski definition) is 0. The van der Waals surface area contributed by atoms with Gasteiger partial charge in [-0.3, -0.25) is 0 Å². The van der Waals surface area contributed by atoms with E-state index >= 15 is 0 Å². The van der Waals surface area contributed by atoms with E-state index in [0.717, 1.165) is 11.0 Å². The Balaban J connectivity index is 2.36. The van der Waals surface area contributed by atoms with E-state index in [9.17, 15) is 0 Å². The predicted octanol–water partition coefficient (Wildman–Crippen LogP) is 3.83. The van der Waals surface area contributed by atoms with Gasteiger partial charge in [0.25, 0.3) is 0 Å². The van der Waals surface area contributed by atoms with E-state index in [1.165, 1.54) is 29.3 Å². The molecule has 0 aliphatic rings. The third kappa shape index (κ3) is 2.86. The van der Waals surface area contributed by atoms with Crippen LogP contribution in [-0.2, 0) is 6.54 Å². The molecule has 0 amide bonds. The summed E-state index contributed by atoms with van der Waals surface area (Å²) < 4.78 is 1.06. The molecule has 0 saturated heterocycles. The van der Waals surface area contributed by atoms with E-state index in [4.69, 9.17) is 0 Å². The number of rotatable bonds is 4. The van der Waals surface area contributed by atoms with Gasteiger partial charge in [-0.05, 0) is 17.2 Å². The Labute approximate surface area is 104 Å². The zero-order valence-corrected chi connectivity index (χ0v) is 11.1. The molecule has 2 aromatic rings. The van der Waals surface area contributed by atoms with Gasteiger partial charge in [-0.1, -0.05) is 49.4 Å². The molecule has 2 aromatic carbocycles. The van der Waals surface area contributed by atoms with Crippen LogP contribution in [0, 0.1) is 0 Å². The van der Waals surface area contributed by atoms with Gasteiger partial charge in [-0.15, -0.1) is 0 Å². The molecule has 0 radical (unpaired) electrons. The normalized spacial score (nSPS) is 11.9. The van der Waals surface area contributed by atoms with E-state index < -0.39 is 0 Å². The average Bonchev–Trinajstić information content (AvgIpc) is 2.29. The fourth-order valence-electron chi connectivity index (χ4n) is 2.58. The van der Waals surface area contributed by atoms with Crippen molar-refractivity contribution in [3.8, 4) is 0 Å². The molecule has 0 aliphatic carbocycles. The van der Waals surface area contributed by atoms with Crippen LogP contribution in [0.1, 0.15) is 18.9 Å². The topological polar surface area (TPSA) is 0 Å². The average molecular weight is 228 g/mol. The number of quaternary nitrogens is 1. The second-order valence-corrected chi connectivity index (χ2v) is 5.46. The van der Waals surface area contributed by atoms with Gasteiger partial charge >= 0.3 is 0 Å². The van der Waals surface area contributed by atoms with Crippen molar-refractivity contribution in [1.82, 2.24) is 0 Å². The van der Waals surface area contributed by atoms with Crippen molar-refractivity contribution in [1.29, 1.82) is 0 Å². The molecule has 0 aliphatic heterocycles. The lowest BCUT2D eigenvalue weighted by molar-refractivity contribution is -0.903. The molecule has 1 nitrogen and oxygen atoms in total. The minimum Gasteiger partial charge on any atom is -0.325 e. The Morgan fingerprint density at radius 1 is 0.941 bits per heavy atom. The Kier molecular flexibility index (Phi) is 3.49. The predicted molar refractivity (Wildman–Crippen MR) is 74.9 cm³/mol. The number of hydrogen-bond donors (Lipinski definition) is 0. The number of benzene rings is 2. The summed E-state index contributed by atoms with van der Waals surface area (Å²) in [5.74, 6) is 0. The van der Waals surface area contributed by atoms with Crippen LogP contribution in [0.25, 0.3) is 10.8 Å². The SMILES string of the molecule is CCC[N+](C)(C)Cc1cccc2ccccc12. The maximum atomic E-state index is 2.31. The van der Waals surface area contributed by atoms with Crippen molar-refractivity contribution in [3.05, 3.63) is 48.0 Å². The van der Waals surface area contributed by atoms with Crippen molar-refractivity contribution in [2.45, 2.75) is 19.9 Å². The minimum absolute atomic E-state index is 1.06. The highest BCUT2D eigenvalue weighted by atomic mass is 15.3. The van der Waals surface area contributed by atoms with Crippen molar-refractivity contribution >= 4 is 10.8 Å². The van der Waals surface area contributed by atoms with Crippen LogP contribution < -0.4 is 0 Å². The van der Waals surface area contributed by atoms with Gasteiger partial charge in [0.05, 0.1) is 20.6 Å². The highest BCUT2D eigenvalue weighted by Crippen LogP contribution is 2.21. The third-order valence-electron chi connectivity index (χ3n) is 3.31. The Morgan fingerprint density at radius 3 is 2.41 bits per heavy atom. The quantitative estimate of drug-likeness (QED) is 0.698. The Morgan fingerprint density at radius 2 is 1.65 bits per heavy atom. The molecule has 0 bridgehead atoms. The Bertz CT molecular complexity index is 494. The highest BCUT2D eigenvalue weighted by Gasteiger charge is 2.15. The van der Waals surface area contributed by atoms with E-state index in [-0.39, 0.29) is 0 Å². The Hall–Kier alpha value is -1.34. The lowest BCUT2D eigenvalue weighted by Crippen LogP contribution is -2.39. The maximum Gasteiger partial charge on any atom is 0.105 e. The van der Waals surface area contributed by atoms with Gasteiger partial charge in [-0.2, -0.15) is 0 Å². The largest absolute Gasteiger partial charge is 0.325 e. The van der Waals surface area contributed by atoms with Crippen LogP contribution in [0.15, 0.2) is 42.5 Å². The molecule has 0 unspecified atom stereocenters. The summed E-state index contributed by atoms with van der Waals surface area (Å²) in [5, 5.41) is 2.75. The van der Waals surface area contributed by atoms with Crippen LogP contribution >= 0.6 is 0 Å². The molecule has 0 spiro atoms. The molecule has 0 saturated carbocycles. The molecular weight excluding hydrogens is 206 g/mol. The van der Waals surface area contributed by atoms with Crippen LogP contribution in [0.5, 0.6) is 0 Å². The molecular formula is C16H22N+. The van der Waals surface area contributed by atoms with E-state index in [1.807, 2.05) is 0 Å². The summed E-state index contributed by atoms with van der Waals surface area (Å²) in [6.45, 7) is 4.58. The molecule has 1 heteroatoms. The minimum atomic E-state index is 1.06. The summed E-state index contributed by atoms with van der Waals surface area (Å²) in [6, 6.07) is 15.3. The summed E-state index contributed by atoms with van der Waals surface area (Å²) >= 11 is 0. The molecule has 0 aromatic heterocycles. The maximum absolute atomic E-state index is 2.31. The van der Waals surface area contributed by atoms with Gasteiger partial charge in [0.1, 0.15) is 6.54 Å². The molecule has 17 heavy (non-hydrogen) atoms. The van der Waals surface area contributed by atoms with Crippen molar-refractivity contribution in [2.75, 3.05) is 20.6 Å². The number of nitrogens with zero attached hydrogens (tertiary/aromatic N) is 1. The smallest absolute Gasteiger partial charge is 0.105 e. The number of fused-ring (bicyclic) bond motifs is 1. The standard InChI is InChI=1S/C16H22N/c1-4-12-17(2,3)13-15-10-7-9-14-8-5-6-11-16(14)15/h5-11H,4,12-13H2,1-3H3/q+1. The summed E-state index contributed by atoms with van der Waals surface area (Å²) in [4.78, 5) is 0. The zero-order chi connectivity index (χ0) is 12.3.